The summed E-state index contributed by atoms with van der Waals surface area (Å²) < 4.78 is 59.6. The number of carbonyl (C=O) groups excluding carboxylic acids is 1. The summed E-state index contributed by atoms with van der Waals surface area (Å²) in [4.78, 5) is 14.8. The minimum absolute atomic E-state index is 0.00801. The summed E-state index contributed by atoms with van der Waals surface area (Å²) in [6.45, 7) is 1.29. The molecule has 2 fully saturated rings. The van der Waals surface area contributed by atoms with E-state index >= 15 is 0 Å². The van der Waals surface area contributed by atoms with Crippen LogP contribution in [0.5, 0.6) is 0 Å². The molecule has 2 aromatic rings. The Labute approximate surface area is 171 Å². The monoisotopic (exact) mass is 422 g/mol. The third-order valence-corrected chi connectivity index (χ3v) is 5.68. The lowest BCUT2D eigenvalue weighted by Gasteiger charge is -2.40. The van der Waals surface area contributed by atoms with E-state index in [0.29, 0.717) is 37.2 Å². The molecule has 8 heteroatoms. The lowest BCUT2D eigenvalue weighted by atomic mass is 9.89. The Balaban J connectivity index is 1.43. The van der Waals surface area contributed by atoms with Gasteiger partial charge in [0.05, 0.1) is 12.0 Å². The summed E-state index contributed by atoms with van der Waals surface area (Å²) in [6.07, 6.45) is 1.18. The fraction of sp³-hybridized carbons (Fsp3) is 0.409. The summed E-state index contributed by atoms with van der Waals surface area (Å²) in [5.41, 5.74) is 0.827. The van der Waals surface area contributed by atoms with Crippen LogP contribution in [0.4, 0.5) is 17.6 Å². The van der Waals surface area contributed by atoms with Crippen molar-refractivity contribution in [2.24, 2.45) is 5.92 Å². The molecule has 3 atom stereocenters. The van der Waals surface area contributed by atoms with Crippen molar-refractivity contribution >= 4 is 5.91 Å². The van der Waals surface area contributed by atoms with Crippen LogP contribution in [0.1, 0.15) is 24.0 Å². The number of rotatable bonds is 5. The summed E-state index contributed by atoms with van der Waals surface area (Å²) in [6, 6.07) is 6.60. The molecule has 0 aromatic heterocycles. The van der Waals surface area contributed by atoms with Crippen LogP contribution < -0.4 is 5.32 Å². The molecule has 2 aliphatic rings. The molecular formula is C22H22F4N2O2. The Kier molecular flexibility index (Phi) is 6.06. The second-order valence-electron chi connectivity index (χ2n) is 7.90. The largest absolute Gasteiger partial charge is 0.377 e. The smallest absolute Gasteiger partial charge is 0.224 e. The molecule has 0 unspecified atom stereocenters. The van der Waals surface area contributed by atoms with Crippen LogP contribution in [0.3, 0.4) is 0 Å². The molecule has 4 nitrogen and oxygen atoms in total. The van der Waals surface area contributed by atoms with Crippen LogP contribution in [0, 0.1) is 29.2 Å². The molecule has 2 aliphatic heterocycles. The van der Waals surface area contributed by atoms with Crippen LogP contribution in [0.25, 0.3) is 0 Å². The van der Waals surface area contributed by atoms with Gasteiger partial charge in [0, 0.05) is 44.4 Å². The number of halogens is 4. The van der Waals surface area contributed by atoms with Crippen LogP contribution in [0.15, 0.2) is 36.4 Å². The fourth-order valence-electron chi connectivity index (χ4n) is 4.41. The highest BCUT2D eigenvalue weighted by atomic mass is 19.1. The van der Waals surface area contributed by atoms with Crippen molar-refractivity contribution in [2.75, 3.05) is 13.2 Å². The molecular weight excluding hydrogens is 400 g/mol. The maximum absolute atomic E-state index is 13.6. The Morgan fingerprint density at radius 2 is 1.57 bits per heavy atom. The first-order valence-corrected chi connectivity index (χ1v) is 9.90. The molecule has 0 radical (unpaired) electrons. The van der Waals surface area contributed by atoms with Crippen molar-refractivity contribution in [1.82, 2.24) is 10.2 Å². The van der Waals surface area contributed by atoms with E-state index in [1.165, 1.54) is 24.3 Å². The van der Waals surface area contributed by atoms with E-state index in [1.54, 1.807) is 0 Å². The molecule has 160 valence electrons. The van der Waals surface area contributed by atoms with Crippen LogP contribution in [-0.2, 0) is 22.6 Å². The maximum atomic E-state index is 13.6. The summed E-state index contributed by atoms with van der Waals surface area (Å²) >= 11 is 0. The predicted octanol–water partition coefficient (Wildman–Crippen LogP) is 3.54. The van der Waals surface area contributed by atoms with Gasteiger partial charge in [0.25, 0.3) is 0 Å². The van der Waals surface area contributed by atoms with Gasteiger partial charge in [0.2, 0.25) is 5.91 Å². The van der Waals surface area contributed by atoms with E-state index < -0.39 is 29.2 Å². The van der Waals surface area contributed by atoms with E-state index in [4.69, 9.17) is 4.74 Å². The third-order valence-electron chi connectivity index (χ3n) is 5.68. The highest BCUT2D eigenvalue weighted by molar-refractivity contribution is 5.79. The Hall–Kier alpha value is -2.45. The van der Waals surface area contributed by atoms with Crippen LogP contribution >= 0.6 is 0 Å². The van der Waals surface area contributed by atoms with E-state index in [1.807, 2.05) is 4.90 Å². The van der Waals surface area contributed by atoms with Crippen molar-refractivity contribution in [1.29, 1.82) is 0 Å². The van der Waals surface area contributed by atoms with E-state index in [2.05, 4.69) is 5.32 Å². The average Bonchev–Trinajstić information content (AvgIpc) is 3.13. The number of benzene rings is 2. The van der Waals surface area contributed by atoms with Crippen molar-refractivity contribution in [3.63, 3.8) is 0 Å². The minimum atomic E-state index is -0.701. The van der Waals surface area contributed by atoms with Gasteiger partial charge < -0.3 is 10.1 Å². The molecule has 1 amide bonds. The minimum Gasteiger partial charge on any atom is -0.377 e. The van der Waals surface area contributed by atoms with Crippen LogP contribution in [-0.4, -0.2) is 36.1 Å². The average molecular weight is 422 g/mol. The zero-order valence-electron chi connectivity index (χ0n) is 16.2. The van der Waals surface area contributed by atoms with Gasteiger partial charge in [-0.3, -0.25) is 9.69 Å². The first-order valence-electron chi connectivity index (χ1n) is 9.90. The number of hydrogen-bond acceptors (Lipinski definition) is 3. The number of piperidine rings is 1. The maximum Gasteiger partial charge on any atom is 0.224 e. The van der Waals surface area contributed by atoms with Gasteiger partial charge in [-0.15, -0.1) is 0 Å². The first-order chi connectivity index (χ1) is 14.4. The molecule has 1 N–H and O–H groups in total. The van der Waals surface area contributed by atoms with E-state index in [0.717, 1.165) is 18.6 Å². The second kappa shape index (κ2) is 8.73. The number of ether oxygens (including phenoxy) is 1. The zero-order valence-corrected chi connectivity index (χ0v) is 16.2. The Bertz CT molecular complexity index is 899. The molecule has 2 heterocycles. The standard InChI is InChI=1S/C22H22F4N2O2/c23-16-3-13(4-17(24)8-16)10-27-22(29)15-7-21-20(1-2-30-21)28(12-15)11-14-5-18(25)9-19(26)6-14/h3-6,8-9,15,20-21H,1-2,7,10-12H2,(H,27,29)/t15-,20+,21+/m0/s1. The number of hydrogen-bond donors (Lipinski definition) is 1. The van der Waals surface area contributed by atoms with Gasteiger partial charge in [-0.25, -0.2) is 17.6 Å². The van der Waals surface area contributed by atoms with Gasteiger partial charge in [-0.1, -0.05) is 0 Å². The molecule has 0 spiro atoms. The summed E-state index contributed by atoms with van der Waals surface area (Å²) in [7, 11) is 0. The molecule has 30 heavy (non-hydrogen) atoms. The molecule has 2 saturated heterocycles. The quantitative estimate of drug-likeness (QED) is 0.750. The van der Waals surface area contributed by atoms with Gasteiger partial charge in [-0.05, 0) is 48.2 Å². The van der Waals surface area contributed by atoms with Crippen molar-refractivity contribution in [3.05, 3.63) is 70.8 Å². The summed E-state index contributed by atoms with van der Waals surface area (Å²) in [5, 5.41) is 2.73. The number of likely N-dealkylation sites (tertiary alicyclic amines) is 1. The van der Waals surface area contributed by atoms with Crippen LogP contribution in [0.2, 0.25) is 0 Å². The molecule has 2 aromatic carbocycles. The number of nitrogens with zero attached hydrogens (tertiary/aromatic N) is 1. The number of carbonyl (C=O) groups is 1. The molecule has 0 bridgehead atoms. The van der Waals surface area contributed by atoms with Gasteiger partial charge >= 0.3 is 0 Å². The number of nitrogens with one attached hydrogen (secondary N) is 1. The number of amides is 1. The van der Waals surface area contributed by atoms with Gasteiger partial charge in [0.1, 0.15) is 23.3 Å². The van der Waals surface area contributed by atoms with E-state index in [9.17, 15) is 22.4 Å². The zero-order chi connectivity index (χ0) is 21.3. The fourth-order valence-corrected chi connectivity index (χ4v) is 4.41. The highest BCUT2D eigenvalue weighted by Gasteiger charge is 2.42. The lowest BCUT2D eigenvalue weighted by molar-refractivity contribution is -0.130. The second-order valence-corrected chi connectivity index (χ2v) is 7.90. The predicted molar refractivity (Wildman–Crippen MR) is 101 cm³/mol. The van der Waals surface area contributed by atoms with Gasteiger partial charge in [-0.2, -0.15) is 0 Å². The normalized spacial score (nSPS) is 23.9. The first kappa shape index (κ1) is 20.8. The van der Waals surface area contributed by atoms with E-state index in [-0.39, 0.29) is 24.6 Å². The molecule has 0 aliphatic carbocycles. The SMILES string of the molecule is O=C(NCc1cc(F)cc(F)c1)[C@H]1C[C@H]2OCC[C@H]2N(Cc2cc(F)cc(F)c2)C1. The molecule has 0 saturated carbocycles. The van der Waals surface area contributed by atoms with Crippen molar-refractivity contribution < 1.29 is 27.1 Å². The van der Waals surface area contributed by atoms with Crippen molar-refractivity contribution in [2.45, 2.75) is 38.1 Å². The lowest BCUT2D eigenvalue weighted by Crippen LogP contribution is -2.52. The Morgan fingerprint density at radius 3 is 2.20 bits per heavy atom. The number of fused-ring (bicyclic) bond motifs is 1. The summed E-state index contributed by atoms with van der Waals surface area (Å²) in [5.74, 6) is -3.33. The molecule has 4 rings (SSSR count). The topological polar surface area (TPSA) is 41.6 Å². The van der Waals surface area contributed by atoms with Crippen molar-refractivity contribution in [3.8, 4) is 0 Å². The highest BCUT2D eigenvalue weighted by Crippen LogP contribution is 2.32. The van der Waals surface area contributed by atoms with Gasteiger partial charge in [0.15, 0.2) is 0 Å². The third kappa shape index (κ3) is 4.82. The Morgan fingerprint density at radius 1 is 0.967 bits per heavy atom.